The Morgan fingerprint density at radius 2 is 1.96 bits per heavy atom. The van der Waals surface area contributed by atoms with E-state index in [1.165, 1.54) is 11.3 Å². The number of fused-ring (bicyclic) bond motifs is 1. The summed E-state index contributed by atoms with van der Waals surface area (Å²) in [5.74, 6) is 0.980. The van der Waals surface area contributed by atoms with Crippen LogP contribution in [0, 0.1) is 13.8 Å². The van der Waals surface area contributed by atoms with E-state index in [2.05, 4.69) is 38.9 Å². The Hall–Kier alpha value is -2.44. The second-order valence-corrected chi connectivity index (χ2v) is 6.26. The third-order valence-electron chi connectivity index (χ3n) is 4.93. The Bertz CT molecular complexity index is 876. The molecule has 0 radical (unpaired) electrons. The highest BCUT2D eigenvalue weighted by molar-refractivity contribution is 5.87. The van der Waals surface area contributed by atoms with E-state index < -0.39 is 0 Å². The summed E-state index contributed by atoms with van der Waals surface area (Å²) in [6.07, 6.45) is 5.78. The maximum absolute atomic E-state index is 4.59. The van der Waals surface area contributed by atoms with Gasteiger partial charge in [-0.15, -0.1) is 0 Å². The molecule has 3 aromatic heterocycles. The molecule has 0 unspecified atom stereocenters. The van der Waals surface area contributed by atoms with E-state index in [1.807, 2.05) is 25.0 Å². The molecule has 1 saturated heterocycles. The summed E-state index contributed by atoms with van der Waals surface area (Å²) < 4.78 is 3.77. The second-order valence-electron chi connectivity index (χ2n) is 6.26. The highest BCUT2D eigenvalue weighted by atomic mass is 15.3. The van der Waals surface area contributed by atoms with Gasteiger partial charge in [0.2, 0.25) is 0 Å². The van der Waals surface area contributed by atoms with Crippen LogP contribution in [-0.4, -0.2) is 36.1 Å². The Morgan fingerprint density at radius 1 is 1.13 bits per heavy atom. The zero-order chi connectivity index (χ0) is 16.1. The third kappa shape index (κ3) is 2.03. The third-order valence-corrected chi connectivity index (χ3v) is 4.93. The largest absolute Gasteiger partial charge is 0.349 e. The molecule has 0 aliphatic carbocycles. The van der Waals surface area contributed by atoms with Gasteiger partial charge >= 0.3 is 0 Å². The van der Waals surface area contributed by atoms with Crippen molar-refractivity contribution >= 4 is 16.9 Å². The van der Waals surface area contributed by atoms with Crippen molar-refractivity contribution in [3.8, 4) is 0 Å². The zero-order valence-corrected chi connectivity index (χ0v) is 14.0. The fraction of sp³-hybridized carbons (Fsp3) is 0.500. The van der Waals surface area contributed by atoms with Crippen molar-refractivity contribution in [1.29, 1.82) is 0 Å². The minimum absolute atomic E-state index is 0.321. The number of aryl methyl sites for hydroxylation is 3. The Kier molecular flexibility index (Phi) is 3.11. The summed E-state index contributed by atoms with van der Waals surface area (Å²) in [7, 11) is 3.92. The molecule has 0 aromatic carbocycles. The SMILES string of the molecule is Cc1nn(C)c(C)c1[C@@H]1CCCN1c1ncnc2c1cnn2C. The monoisotopic (exact) mass is 311 g/mol. The number of nitrogens with zero attached hydrogens (tertiary/aromatic N) is 7. The standard InChI is InChI=1S/C16H21N7/c1-10-14(11(2)21(3)20-10)13-6-5-7-23(13)16-12-8-19-22(4)15(12)17-9-18-16/h8-9,13H,5-7H2,1-4H3/t13-/m0/s1. The van der Waals surface area contributed by atoms with Gasteiger partial charge in [0.05, 0.1) is 23.3 Å². The van der Waals surface area contributed by atoms with Gasteiger partial charge in [0, 0.05) is 31.9 Å². The average molecular weight is 311 g/mol. The normalized spacial score (nSPS) is 18.3. The predicted octanol–water partition coefficient (Wildman–Crippen LogP) is 2.06. The maximum Gasteiger partial charge on any atom is 0.163 e. The minimum atomic E-state index is 0.321. The summed E-state index contributed by atoms with van der Waals surface area (Å²) >= 11 is 0. The first kappa shape index (κ1) is 14.2. The molecule has 0 amide bonds. The van der Waals surface area contributed by atoms with Gasteiger partial charge in [-0.25, -0.2) is 9.97 Å². The zero-order valence-electron chi connectivity index (χ0n) is 14.0. The minimum Gasteiger partial charge on any atom is -0.349 e. The van der Waals surface area contributed by atoms with Crippen LogP contribution >= 0.6 is 0 Å². The van der Waals surface area contributed by atoms with Gasteiger partial charge in [0.1, 0.15) is 12.1 Å². The lowest BCUT2D eigenvalue weighted by atomic mass is 10.0. The summed E-state index contributed by atoms with van der Waals surface area (Å²) in [6, 6.07) is 0.321. The molecule has 0 N–H and O–H groups in total. The van der Waals surface area contributed by atoms with Gasteiger partial charge in [-0.05, 0) is 26.7 Å². The number of hydrogen-bond acceptors (Lipinski definition) is 5. The quantitative estimate of drug-likeness (QED) is 0.725. The van der Waals surface area contributed by atoms with Crippen molar-refractivity contribution in [3.05, 3.63) is 29.5 Å². The van der Waals surface area contributed by atoms with E-state index in [0.29, 0.717) is 6.04 Å². The molecule has 4 rings (SSSR count). The molecule has 0 spiro atoms. The lowest BCUT2D eigenvalue weighted by molar-refractivity contribution is 0.694. The van der Waals surface area contributed by atoms with E-state index >= 15 is 0 Å². The first-order valence-electron chi connectivity index (χ1n) is 7.97. The van der Waals surface area contributed by atoms with Crippen LogP contribution in [0.3, 0.4) is 0 Å². The molecule has 1 fully saturated rings. The maximum atomic E-state index is 4.59. The number of anilines is 1. The average Bonchev–Trinajstić information content (AvgIpc) is 3.20. The van der Waals surface area contributed by atoms with Crippen LogP contribution in [0.1, 0.15) is 35.8 Å². The van der Waals surface area contributed by atoms with Gasteiger partial charge < -0.3 is 4.90 Å². The molecule has 120 valence electrons. The van der Waals surface area contributed by atoms with Crippen molar-refractivity contribution in [2.24, 2.45) is 14.1 Å². The van der Waals surface area contributed by atoms with Crippen LogP contribution in [0.4, 0.5) is 5.82 Å². The first-order valence-corrected chi connectivity index (χ1v) is 7.97. The first-order chi connectivity index (χ1) is 11.1. The summed E-state index contributed by atoms with van der Waals surface area (Å²) in [5, 5.41) is 9.94. The van der Waals surface area contributed by atoms with Crippen LogP contribution in [0.25, 0.3) is 11.0 Å². The van der Waals surface area contributed by atoms with E-state index in [-0.39, 0.29) is 0 Å². The molecule has 7 heteroatoms. The molecule has 0 saturated carbocycles. The molecular weight excluding hydrogens is 290 g/mol. The molecule has 7 nitrogen and oxygen atoms in total. The molecule has 1 atom stereocenters. The highest BCUT2D eigenvalue weighted by Gasteiger charge is 2.32. The van der Waals surface area contributed by atoms with Crippen molar-refractivity contribution in [2.45, 2.75) is 32.7 Å². The van der Waals surface area contributed by atoms with Gasteiger partial charge in [-0.2, -0.15) is 10.2 Å². The number of hydrogen-bond donors (Lipinski definition) is 0. The topological polar surface area (TPSA) is 64.7 Å². The van der Waals surface area contributed by atoms with Crippen molar-refractivity contribution in [3.63, 3.8) is 0 Å². The van der Waals surface area contributed by atoms with Crippen LogP contribution in [0.15, 0.2) is 12.5 Å². The molecule has 1 aliphatic heterocycles. The van der Waals surface area contributed by atoms with Crippen LogP contribution in [0.5, 0.6) is 0 Å². The second kappa shape index (κ2) is 5.04. The lowest BCUT2D eigenvalue weighted by Crippen LogP contribution is -2.24. The van der Waals surface area contributed by atoms with Gasteiger partial charge in [-0.3, -0.25) is 9.36 Å². The molecule has 23 heavy (non-hydrogen) atoms. The lowest BCUT2D eigenvalue weighted by Gasteiger charge is -2.26. The molecule has 1 aliphatic rings. The summed E-state index contributed by atoms with van der Waals surface area (Å²) in [6.45, 7) is 5.24. The van der Waals surface area contributed by atoms with Crippen LogP contribution in [0.2, 0.25) is 0 Å². The molecule has 4 heterocycles. The van der Waals surface area contributed by atoms with Crippen LogP contribution < -0.4 is 4.90 Å². The van der Waals surface area contributed by atoms with Gasteiger partial charge in [-0.1, -0.05) is 0 Å². The van der Waals surface area contributed by atoms with E-state index in [0.717, 1.165) is 41.9 Å². The molecule has 0 bridgehead atoms. The molecule has 3 aromatic rings. The smallest absolute Gasteiger partial charge is 0.163 e. The Morgan fingerprint density at radius 3 is 2.70 bits per heavy atom. The van der Waals surface area contributed by atoms with Crippen LogP contribution in [-0.2, 0) is 14.1 Å². The van der Waals surface area contributed by atoms with E-state index in [1.54, 1.807) is 11.0 Å². The predicted molar refractivity (Wildman–Crippen MR) is 88.3 cm³/mol. The number of rotatable bonds is 2. The number of aromatic nitrogens is 6. The van der Waals surface area contributed by atoms with E-state index in [4.69, 9.17) is 0 Å². The van der Waals surface area contributed by atoms with Gasteiger partial charge in [0.25, 0.3) is 0 Å². The highest BCUT2D eigenvalue weighted by Crippen LogP contribution is 2.39. The fourth-order valence-electron chi connectivity index (χ4n) is 3.77. The molecular formula is C16H21N7. The Labute approximate surface area is 134 Å². The van der Waals surface area contributed by atoms with Gasteiger partial charge in [0.15, 0.2) is 5.65 Å². The van der Waals surface area contributed by atoms with Crippen molar-refractivity contribution < 1.29 is 0 Å². The van der Waals surface area contributed by atoms with Crippen molar-refractivity contribution in [1.82, 2.24) is 29.5 Å². The summed E-state index contributed by atoms with van der Waals surface area (Å²) in [5.41, 5.74) is 4.55. The fourth-order valence-corrected chi connectivity index (χ4v) is 3.77. The van der Waals surface area contributed by atoms with E-state index in [9.17, 15) is 0 Å². The van der Waals surface area contributed by atoms with Crippen molar-refractivity contribution in [2.75, 3.05) is 11.4 Å². The Balaban J connectivity index is 1.84. The summed E-state index contributed by atoms with van der Waals surface area (Å²) in [4.78, 5) is 11.3.